The molecule has 0 radical (unpaired) electrons. The highest BCUT2D eigenvalue weighted by Crippen LogP contribution is 2.27. The van der Waals surface area contributed by atoms with Crippen LogP contribution in [-0.2, 0) is 11.2 Å². The molecule has 1 unspecified atom stereocenters. The highest BCUT2D eigenvalue weighted by atomic mass is 32.1. The number of nitrogens with one attached hydrogen (secondary N) is 1. The Morgan fingerprint density at radius 2 is 2.10 bits per heavy atom. The molecule has 0 saturated heterocycles. The molecule has 2 rings (SSSR count). The van der Waals surface area contributed by atoms with Gasteiger partial charge in [0, 0.05) is 0 Å². The number of aromatic nitrogens is 2. The number of carboxylic acid groups (broad SMARTS) is 1. The highest BCUT2D eigenvalue weighted by molar-refractivity contribution is 7.08. The topological polar surface area (TPSA) is 92.2 Å². The van der Waals surface area contributed by atoms with Gasteiger partial charge < -0.3 is 10.4 Å². The molecule has 0 aliphatic heterocycles. The molecule has 21 heavy (non-hydrogen) atoms. The number of carboxylic acids is 1. The van der Waals surface area contributed by atoms with Crippen molar-refractivity contribution >= 4 is 23.4 Å². The number of nitrogens with zero attached hydrogens (tertiary/aromatic N) is 2. The summed E-state index contributed by atoms with van der Waals surface area (Å²) >= 11 is 1.03. The zero-order chi connectivity index (χ0) is 15.2. The molecule has 1 heterocycles. The Bertz CT molecular complexity index is 497. The Morgan fingerprint density at radius 1 is 1.38 bits per heavy atom. The predicted octanol–water partition coefficient (Wildman–Crippen LogP) is 2.25. The van der Waals surface area contributed by atoms with Crippen LogP contribution in [0.25, 0.3) is 0 Å². The predicted molar refractivity (Wildman–Crippen MR) is 79.4 cm³/mol. The number of amides is 1. The lowest BCUT2D eigenvalue weighted by Crippen LogP contribution is -2.46. The zero-order valence-corrected chi connectivity index (χ0v) is 13.0. The van der Waals surface area contributed by atoms with Crippen LogP contribution in [0.15, 0.2) is 0 Å². The first-order valence-electron chi connectivity index (χ1n) is 7.48. The van der Waals surface area contributed by atoms with Gasteiger partial charge in [-0.25, -0.2) is 4.79 Å². The highest BCUT2D eigenvalue weighted by Gasteiger charge is 2.31. The second-order valence-electron chi connectivity index (χ2n) is 5.49. The molecule has 1 aromatic rings. The first-order chi connectivity index (χ1) is 10.1. The van der Waals surface area contributed by atoms with Crippen LogP contribution >= 0.6 is 11.5 Å². The fourth-order valence-electron chi connectivity index (χ4n) is 2.84. The molecule has 1 atom stereocenters. The number of carbonyl (C=O) groups is 2. The van der Waals surface area contributed by atoms with Gasteiger partial charge in [-0.1, -0.05) is 37.1 Å². The number of hydrogen-bond acceptors (Lipinski definition) is 5. The molecule has 1 aromatic heterocycles. The van der Waals surface area contributed by atoms with Crippen molar-refractivity contribution in [2.24, 2.45) is 5.92 Å². The minimum Gasteiger partial charge on any atom is -0.480 e. The van der Waals surface area contributed by atoms with E-state index in [9.17, 15) is 14.7 Å². The van der Waals surface area contributed by atoms with E-state index in [0.717, 1.165) is 50.1 Å². The van der Waals surface area contributed by atoms with Crippen LogP contribution in [0.5, 0.6) is 0 Å². The Morgan fingerprint density at radius 3 is 2.71 bits per heavy atom. The third kappa shape index (κ3) is 4.00. The van der Waals surface area contributed by atoms with Crippen molar-refractivity contribution in [2.75, 3.05) is 0 Å². The number of carbonyl (C=O) groups excluding carboxylic acids is 1. The van der Waals surface area contributed by atoms with E-state index in [-0.39, 0.29) is 11.8 Å². The van der Waals surface area contributed by atoms with E-state index in [0.29, 0.717) is 17.0 Å². The minimum absolute atomic E-state index is 0.0238. The van der Waals surface area contributed by atoms with Gasteiger partial charge in [0.25, 0.3) is 5.91 Å². The quantitative estimate of drug-likeness (QED) is 0.840. The number of aryl methyl sites for hydroxylation is 1. The lowest BCUT2D eigenvalue weighted by molar-refractivity contribution is -0.141. The van der Waals surface area contributed by atoms with E-state index < -0.39 is 12.0 Å². The van der Waals surface area contributed by atoms with Crippen LogP contribution in [0.1, 0.15) is 60.8 Å². The van der Waals surface area contributed by atoms with Gasteiger partial charge in [-0.15, -0.1) is 5.10 Å². The smallest absolute Gasteiger partial charge is 0.326 e. The summed E-state index contributed by atoms with van der Waals surface area (Å²) in [6.07, 6.45) is 6.49. The van der Waals surface area contributed by atoms with E-state index in [2.05, 4.69) is 14.9 Å². The van der Waals surface area contributed by atoms with E-state index in [1.54, 1.807) is 0 Å². The van der Waals surface area contributed by atoms with Crippen LogP contribution in [0, 0.1) is 5.92 Å². The molecule has 1 aliphatic rings. The molecule has 0 bridgehead atoms. The average molecular weight is 311 g/mol. The lowest BCUT2D eigenvalue weighted by atomic mass is 9.84. The number of aliphatic carboxylic acids is 1. The Labute approximate surface area is 128 Å². The van der Waals surface area contributed by atoms with E-state index in [1.165, 1.54) is 0 Å². The summed E-state index contributed by atoms with van der Waals surface area (Å²) in [4.78, 5) is 24.2. The molecular weight excluding hydrogens is 290 g/mol. The van der Waals surface area contributed by atoms with Crippen molar-refractivity contribution < 1.29 is 14.7 Å². The third-order valence-corrected chi connectivity index (χ3v) is 4.69. The first-order valence-corrected chi connectivity index (χ1v) is 8.25. The molecule has 1 aliphatic carbocycles. The maximum Gasteiger partial charge on any atom is 0.326 e. The number of rotatable bonds is 6. The standard InChI is InChI=1S/C14H21N3O3S/c1-2-6-10-12(21-17-16-10)13(18)15-11(14(19)20)9-7-4-3-5-8-9/h9,11H,2-8H2,1H3,(H,15,18)(H,19,20). The average Bonchev–Trinajstić information content (AvgIpc) is 2.94. The first kappa shape index (κ1) is 15.9. The molecule has 116 valence electrons. The summed E-state index contributed by atoms with van der Waals surface area (Å²) < 4.78 is 3.81. The van der Waals surface area contributed by atoms with Gasteiger partial charge >= 0.3 is 5.97 Å². The summed E-state index contributed by atoms with van der Waals surface area (Å²) in [6.45, 7) is 2.00. The van der Waals surface area contributed by atoms with Gasteiger partial charge in [0.05, 0.1) is 5.69 Å². The van der Waals surface area contributed by atoms with Crippen LogP contribution in [0.4, 0.5) is 0 Å². The summed E-state index contributed by atoms with van der Waals surface area (Å²) in [5.41, 5.74) is 0.660. The van der Waals surface area contributed by atoms with Crippen molar-refractivity contribution in [1.82, 2.24) is 14.9 Å². The van der Waals surface area contributed by atoms with Crippen LogP contribution < -0.4 is 5.32 Å². The summed E-state index contributed by atoms with van der Waals surface area (Å²) in [5.74, 6) is -1.29. The van der Waals surface area contributed by atoms with E-state index in [1.807, 2.05) is 6.92 Å². The molecule has 1 amide bonds. The van der Waals surface area contributed by atoms with Gasteiger partial charge in [0.15, 0.2) is 0 Å². The zero-order valence-electron chi connectivity index (χ0n) is 12.2. The maximum absolute atomic E-state index is 12.3. The number of hydrogen-bond donors (Lipinski definition) is 2. The lowest BCUT2D eigenvalue weighted by Gasteiger charge is -2.27. The molecule has 1 fully saturated rings. The summed E-state index contributed by atoms with van der Waals surface area (Å²) in [6, 6.07) is -0.811. The second-order valence-corrected chi connectivity index (χ2v) is 6.24. The normalized spacial score (nSPS) is 17.4. The van der Waals surface area contributed by atoms with Crippen molar-refractivity contribution in [3.05, 3.63) is 10.6 Å². The molecule has 6 nitrogen and oxygen atoms in total. The third-order valence-electron chi connectivity index (χ3n) is 3.92. The van der Waals surface area contributed by atoms with Crippen LogP contribution in [0.3, 0.4) is 0 Å². The second kappa shape index (κ2) is 7.49. The van der Waals surface area contributed by atoms with Crippen molar-refractivity contribution in [3.8, 4) is 0 Å². The molecule has 7 heteroatoms. The fraction of sp³-hybridized carbons (Fsp3) is 0.714. The fourth-order valence-corrected chi connectivity index (χ4v) is 3.45. The Balaban J connectivity index is 2.07. The molecule has 1 saturated carbocycles. The van der Waals surface area contributed by atoms with Crippen molar-refractivity contribution in [3.63, 3.8) is 0 Å². The largest absolute Gasteiger partial charge is 0.480 e. The molecule has 0 spiro atoms. The van der Waals surface area contributed by atoms with Gasteiger partial charge in [-0.3, -0.25) is 4.79 Å². The van der Waals surface area contributed by atoms with Gasteiger partial charge in [0.1, 0.15) is 10.9 Å². The van der Waals surface area contributed by atoms with Crippen molar-refractivity contribution in [1.29, 1.82) is 0 Å². The molecule has 2 N–H and O–H groups in total. The monoisotopic (exact) mass is 311 g/mol. The minimum atomic E-state index is -0.954. The van der Waals surface area contributed by atoms with E-state index in [4.69, 9.17) is 0 Å². The van der Waals surface area contributed by atoms with Gasteiger partial charge in [0.2, 0.25) is 0 Å². The molecule has 0 aromatic carbocycles. The Kier molecular flexibility index (Phi) is 5.67. The Hall–Kier alpha value is -1.50. The maximum atomic E-state index is 12.3. The SMILES string of the molecule is CCCc1nnsc1C(=O)NC(C(=O)O)C1CCCCC1. The summed E-state index contributed by atoms with van der Waals surface area (Å²) in [5, 5.41) is 16.0. The molecular formula is C14H21N3O3S. The van der Waals surface area contributed by atoms with Crippen LogP contribution in [-0.4, -0.2) is 32.6 Å². The van der Waals surface area contributed by atoms with E-state index >= 15 is 0 Å². The van der Waals surface area contributed by atoms with Crippen LogP contribution in [0.2, 0.25) is 0 Å². The van der Waals surface area contributed by atoms with Gasteiger partial charge in [-0.2, -0.15) is 0 Å². The van der Waals surface area contributed by atoms with Gasteiger partial charge in [-0.05, 0) is 36.7 Å². The summed E-state index contributed by atoms with van der Waals surface area (Å²) in [7, 11) is 0. The van der Waals surface area contributed by atoms with Crippen molar-refractivity contribution in [2.45, 2.75) is 57.9 Å².